The molecule has 2 N–H and O–H groups in total. The highest BCUT2D eigenvalue weighted by atomic mass is 19.1. The van der Waals surface area contributed by atoms with Gasteiger partial charge >= 0.3 is 0 Å². The van der Waals surface area contributed by atoms with Crippen molar-refractivity contribution in [3.8, 4) is 0 Å². The lowest BCUT2D eigenvalue weighted by Gasteiger charge is -2.19. The van der Waals surface area contributed by atoms with Crippen LogP contribution in [0.15, 0.2) is 48.5 Å². The number of benzene rings is 2. The summed E-state index contributed by atoms with van der Waals surface area (Å²) in [5.74, 6) is -1.24. The Kier molecular flexibility index (Phi) is 5.34. The summed E-state index contributed by atoms with van der Waals surface area (Å²) in [5, 5.41) is 5.24. The van der Waals surface area contributed by atoms with E-state index in [0.717, 1.165) is 5.56 Å². The smallest absolute Gasteiger partial charge is 0.233 e. The third-order valence-corrected chi connectivity index (χ3v) is 3.48. The van der Waals surface area contributed by atoms with Gasteiger partial charge in [0.1, 0.15) is 12.2 Å². The average Bonchev–Trinajstić information content (AvgIpc) is 2.49. The average molecular weight is 328 g/mol. The molecule has 2 rings (SSSR count). The van der Waals surface area contributed by atoms with Crippen molar-refractivity contribution in [3.63, 3.8) is 0 Å². The normalized spacial score (nSPS) is 11.0. The molecule has 0 radical (unpaired) electrons. The summed E-state index contributed by atoms with van der Waals surface area (Å²) in [6.07, 6.45) is -0.307. The van der Waals surface area contributed by atoms with Gasteiger partial charge in [0.25, 0.3) is 0 Å². The van der Waals surface area contributed by atoms with E-state index in [2.05, 4.69) is 31.4 Å². The summed E-state index contributed by atoms with van der Waals surface area (Å²) < 4.78 is 12.8. The van der Waals surface area contributed by atoms with Crippen LogP contribution in [0.5, 0.6) is 0 Å². The van der Waals surface area contributed by atoms with Crippen molar-refractivity contribution < 1.29 is 14.0 Å². The van der Waals surface area contributed by atoms with Gasteiger partial charge in [0.05, 0.1) is 0 Å². The van der Waals surface area contributed by atoms with E-state index in [9.17, 15) is 14.0 Å². The van der Waals surface area contributed by atoms with Gasteiger partial charge < -0.3 is 10.6 Å². The molecule has 0 aliphatic carbocycles. The maximum absolute atomic E-state index is 12.8. The Morgan fingerprint density at radius 1 is 0.833 bits per heavy atom. The van der Waals surface area contributed by atoms with Crippen molar-refractivity contribution in [2.75, 3.05) is 10.6 Å². The first kappa shape index (κ1) is 17.7. The van der Waals surface area contributed by atoms with E-state index in [-0.39, 0.29) is 17.7 Å². The van der Waals surface area contributed by atoms with Crippen LogP contribution >= 0.6 is 0 Å². The second-order valence-corrected chi connectivity index (χ2v) is 6.61. The molecule has 2 aromatic rings. The fourth-order valence-corrected chi connectivity index (χ4v) is 2.14. The monoisotopic (exact) mass is 328 g/mol. The molecule has 0 saturated heterocycles. The first-order chi connectivity index (χ1) is 11.2. The fourth-order valence-electron chi connectivity index (χ4n) is 2.14. The largest absolute Gasteiger partial charge is 0.326 e. The molecule has 24 heavy (non-hydrogen) atoms. The first-order valence-corrected chi connectivity index (χ1v) is 7.70. The lowest BCUT2D eigenvalue weighted by atomic mass is 9.87. The molecule has 0 unspecified atom stereocenters. The van der Waals surface area contributed by atoms with Gasteiger partial charge in [-0.1, -0.05) is 32.9 Å². The standard InChI is InChI=1S/C19H21FN2O2/c1-19(2,3)13-4-8-15(9-5-13)21-17(23)12-18(24)22-16-10-6-14(20)7-11-16/h4-11H,12H2,1-3H3,(H,21,23)(H,22,24). The molecule has 4 nitrogen and oxygen atoms in total. The molecule has 0 bridgehead atoms. The van der Waals surface area contributed by atoms with Crippen molar-refractivity contribution >= 4 is 23.2 Å². The summed E-state index contributed by atoms with van der Waals surface area (Å²) in [6.45, 7) is 6.33. The van der Waals surface area contributed by atoms with E-state index in [4.69, 9.17) is 0 Å². The number of halogens is 1. The van der Waals surface area contributed by atoms with E-state index < -0.39 is 11.8 Å². The number of rotatable bonds is 4. The van der Waals surface area contributed by atoms with Gasteiger partial charge in [0.15, 0.2) is 0 Å². The molecule has 0 fully saturated rings. The summed E-state index contributed by atoms with van der Waals surface area (Å²) in [4.78, 5) is 23.7. The van der Waals surface area contributed by atoms with Gasteiger partial charge in [-0.15, -0.1) is 0 Å². The SMILES string of the molecule is CC(C)(C)c1ccc(NC(=O)CC(=O)Nc2ccc(F)cc2)cc1. The van der Waals surface area contributed by atoms with Crippen LogP contribution in [0, 0.1) is 5.82 Å². The Labute approximate surface area is 141 Å². The molecule has 0 aliphatic rings. The highest BCUT2D eigenvalue weighted by Gasteiger charge is 2.14. The molecule has 0 heterocycles. The highest BCUT2D eigenvalue weighted by Crippen LogP contribution is 2.23. The van der Waals surface area contributed by atoms with Gasteiger partial charge in [0, 0.05) is 11.4 Å². The van der Waals surface area contributed by atoms with Crippen molar-refractivity contribution in [2.45, 2.75) is 32.6 Å². The Morgan fingerprint density at radius 2 is 1.25 bits per heavy atom. The van der Waals surface area contributed by atoms with Gasteiger partial charge in [0.2, 0.25) is 11.8 Å². The van der Waals surface area contributed by atoms with Crippen LogP contribution in [0.4, 0.5) is 15.8 Å². The molecule has 126 valence electrons. The lowest BCUT2D eigenvalue weighted by Crippen LogP contribution is -2.21. The van der Waals surface area contributed by atoms with Crippen LogP contribution in [0.1, 0.15) is 32.8 Å². The van der Waals surface area contributed by atoms with E-state index in [0.29, 0.717) is 11.4 Å². The van der Waals surface area contributed by atoms with Crippen LogP contribution in [-0.4, -0.2) is 11.8 Å². The van der Waals surface area contributed by atoms with Crippen LogP contribution < -0.4 is 10.6 Å². The number of hydrogen-bond donors (Lipinski definition) is 2. The minimum Gasteiger partial charge on any atom is -0.326 e. The van der Waals surface area contributed by atoms with Crippen LogP contribution in [0.2, 0.25) is 0 Å². The summed E-state index contributed by atoms with van der Waals surface area (Å²) in [6, 6.07) is 12.9. The quantitative estimate of drug-likeness (QED) is 0.831. The van der Waals surface area contributed by atoms with Gasteiger partial charge in [-0.3, -0.25) is 9.59 Å². The van der Waals surface area contributed by atoms with Gasteiger partial charge in [-0.05, 0) is 47.4 Å². The molecular weight excluding hydrogens is 307 g/mol. The zero-order chi connectivity index (χ0) is 17.7. The van der Waals surface area contributed by atoms with E-state index in [1.165, 1.54) is 24.3 Å². The van der Waals surface area contributed by atoms with E-state index in [1.807, 2.05) is 24.3 Å². The van der Waals surface area contributed by atoms with Crippen molar-refractivity contribution in [3.05, 3.63) is 59.9 Å². The highest BCUT2D eigenvalue weighted by molar-refractivity contribution is 6.08. The Bertz CT molecular complexity index is 717. The number of hydrogen-bond acceptors (Lipinski definition) is 2. The Morgan fingerprint density at radius 3 is 1.67 bits per heavy atom. The second kappa shape index (κ2) is 7.25. The van der Waals surface area contributed by atoms with Crippen molar-refractivity contribution in [2.24, 2.45) is 0 Å². The molecule has 0 atom stereocenters. The molecule has 0 aromatic heterocycles. The number of amides is 2. The zero-order valence-corrected chi connectivity index (χ0v) is 14.0. The predicted octanol–water partition coefficient (Wildman–Crippen LogP) is 4.09. The summed E-state index contributed by atoms with van der Waals surface area (Å²) in [5.41, 5.74) is 2.29. The maximum atomic E-state index is 12.8. The van der Waals surface area contributed by atoms with Crippen molar-refractivity contribution in [1.82, 2.24) is 0 Å². The fraction of sp³-hybridized carbons (Fsp3) is 0.263. The molecule has 2 amide bonds. The minimum absolute atomic E-state index is 0.0393. The first-order valence-electron chi connectivity index (χ1n) is 7.70. The molecule has 2 aromatic carbocycles. The number of carbonyl (C=O) groups is 2. The molecule has 5 heteroatoms. The van der Waals surface area contributed by atoms with Crippen LogP contribution in [-0.2, 0) is 15.0 Å². The topological polar surface area (TPSA) is 58.2 Å². The third kappa shape index (κ3) is 5.19. The van der Waals surface area contributed by atoms with Crippen LogP contribution in [0.25, 0.3) is 0 Å². The van der Waals surface area contributed by atoms with Crippen LogP contribution in [0.3, 0.4) is 0 Å². The number of nitrogens with one attached hydrogen (secondary N) is 2. The second-order valence-electron chi connectivity index (χ2n) is 6.61. The zero-order valence-electron chi connectivity index (χ0n) is 14.0. The molecule has 0 spiro atoms. The number of anilines is 2. The van der Waals surface area contributed by atoms with Crippen molar-refractivity contribution in [1.29, 1.82) is 0 Å². The van der Waals surface area contributed by atoms with E-state index in [1.54, 1.807) is 0 Å². The Balaban J connectivity index is 1.88. The van der Waals surface area contributed by atoms with E-state index >= 15 is 0 Å². The Hall–Kier alpha value is -2.69. The number of carbonyl (C=O) groups excluding carboxylic acids is 2. The third-order valence-electron chi connectivity index (χ3n) is 3.48. The van der Waals surface area contributed by atoms with Gasteiger partial charge in [-0.25, -0.2) is 4.39 Å². The molecule has 0 saturated carbocycles. The molecule has 0 aliphatic heterocycles. The predicted molar refractivity (Wildman–Crippen MR) is 93.4 cm³/mol. The summed E-state index contributed by atoms with van der Waals surface area (Å²) >= 11 is 0. The van der Waals surface area contributed by atoms with Gasteiger partial charge in [-0.2, -0.15) is 0 Å². The molecular formula is C19H21FN2O2. The lowest BCUT2D eigenvalue weighted by molar-refractivity contribution is -0.123. The minimum atomic E-state index is -0.453. The maximum Gasteiger partial charge on any atom is 0.233 e. The summed E-state index contributed by atoms with van der Waals surface area (Å²) in [7, 11) is 0.